The van der Waals surface area contributed by atoms with Crippen molar-refractivity contribution in [2.45, 2.75) is 32.9 Å². The molecule has 1 aromatic rings. The fourth-order valence-corrected chi connectivity index (χ4v) is 1.53. The van der Waals surface area contributed by atoms with E-state index >= 15 is 0 Å². The van der Waals surface area contributed by atoms with Crippen molar-refractivity contribution >= 4 is 12.0 Å². The smallest absolute Gasteiger partial charge is 0.407 e. The quantitative estimate of drug-likeness (QED) is 0.854. The number of alkyl carbamates (subject to hydrolysis) is 1. The SMILES string of the molecule is CC(C)(C)OC(=O)NCc1ccc(C#N)cc1OCC(N)=O. The molecular weight excluding hydrogens is 286 g/mol. The third-order valence-corrected chi connectivity index (χ3v) is 2.39. The topological polar surface area (TPSA) is 114 Å². The second-order valence-electron chi connectivity index (χ2n) is 5.54. The van der Waals surface area contributed by atoms with Crippen LogP contribution in [0.25, 0.3) is 0 Å². The molecule has 0 saturated heterocycles. The number of ether oxygens (including phenoxy) is 2. The van der Waals surface area contributed by atoms with E-state index in [2.05, 4.69) is 5.32 Å². The van der Waals surface area contributed by atoms with Gasteiger partial charge in [-0.3, -0.25) is 4.79 Å². The van der Waals surface area contributed by atoms with Gasteiger partial charge in [-0.2, -0.15) is 5.26 Å². The first-order chi connectivity index (χ1) is 10.2. The largest absolute Gasteiger partial charge is 0.483 e. The Morgan fingerprint density at radius 2 is 2.05 bits per heavy atom. The zero-order valence-electron chi connectivity index (χ0n) is 12.8. The van der Waals surface area contributed by atoms with Crippen molar-refractivity contribution in [1.82, 2.24) is 5.32 Å². The highest BCUT2D eigenvalue weighted by Crippen LogP contribution is 2.20. The van der Waals surface area contributed by atoms with E-state index in [0.717, 1.165) is 0 Å². The fourth-order valence-electron chi connectivity index (χ4n) is 1.53. The first-order valence-electron chi connectivity index (χ1n) is 6.62. The van der Waals surface area contributed by atoms with Gasteiger partial charge in [-0.05, 0) is 32.9 Å². The van der Waals surface area contributed by atoms with Crippen molar-refractivity contribution in [3.63, 3.8) is 0 Å². The summed E-state index contributed by atoms with van der Waals surface area (Å²) in [5.41, 5.74) is 5.41. The highest BCUT2D eigenvalue weighted by Gasteiger charge is 2.16. The maximum Gasteiger partial charge on any atom is 0.407 e. The third kappa shape index (κ3) is 6.13. The number of benzene rings is 1. The van der Waals surface area contributed by atoms with Gasteiger partial charge in [0.1, 0.15) is 11.4 Å². The minimum Gasteiger partial charge on any atom is -0.483 e. The molecule has 0 spiro atoms. The van der Waals surface area contributed by atoms with Crippen LogP contribution in [0.5, 0.6) is 5.75 Å². The van der Waals surface area contributed by atoms with Crippen molar-refractivity contribution in [2.24, 2.45) is 5.73 Å². The minimum absolute atomic E-state index is 0.134. The molecule has 0 aliphatic rings. The number of hydrogen-bond acceptors (Lipinski definition) is 5. The number of nitrogens with one attached hydrogen (secondary N) is 1. The molecule has 0 aliphatic heterocycles. The molecule has 118 valence electrons. The second kappa shape index (κ2) is 7.31. The Bertz CT molecular complexity index is 600. The second-order valence-corrected chi connectivity index (χ2v) is 5.54. The summed E-state index contributed by atoms with van der Waals surface area (Å²) in [7, 11) is 0. The molecule has 0 aliphatic carbocycles. The summed E-state index contributed by atoms with van der Waals surface area (Å²) in [5, 5.41) is 11.5. The Kier molecular flexibility index (Phi) is 5.75. The maximum absolute atomic E-state index is 11.6. The van der Waals surface area contributed by atoms with E-state index in [1.54, 1.807) is 32.9 Å². The Hall–Kier alpha value is -2.75. The lowest BCUT2D eigenvalue weighted by Gasteiger charge is -2.20. The molecule has 1 aromatic carbocycles. The molecule has 0 bridgehead atoms. The first-order valence-corrected chi connectivity index (χ1v) is 6.62. The van der Waals surface area contributed by atoms with Gasteiger partial charge < -0.3 is 20.5 Å². The lowest BCUT2D eigenvalue weighted by Crippen LogP contribution is -2.32. The number of amides is 2. The maximum atomic E-state index is 11.6. The molecule has 0 radical (unpaired) electrons. The van der Waals surface area contributed by atoms with E-state index < -0.39 is 17.6 Å². The Labute approximate surface area is 129 Å². The van der Waals surface area contributed by atoms with Crippen molar-refractivity contribution in [3.8, 4) is 11.8 Å². The lowest BCUT2D eigenvalue weighted by atomic mass is 10.1. The van der Waals surface area contributed by atoms with E-state index in [9.17, 15) is 9.59 Å². The van der Waals surface area contributed by atoms with Crippen molar-refractivity contribution in [2.75, 3.05) is 6.61 Å². The Morgan fingerprint density at radius 3 is 2.59 bits per heavy atom. The average Bonchev–Trinajstić information content (AvgIpc) is 2.41. The molecule has 2 amide bonds. The number of carbonyl (C=O) groups is 2. The van der Waals surface area contributed by atoms with Gasteiger partial charge >= 0.3 is 6.09 Å². The molecular formula is C15H19N3O4. The van der Waals surface area contributed by atoms with Gasteiger partial charge in [-0.25, -0.2) is 4.79 Å². The van der Waals surface area contributed by atoms with Crippen LogP contribution >= 0.6 is 0 Å². The summed E-state index contributed by atoms with van der Waals surface area (Å²) in [4.78, 5) is 22.4. The summed E-state index contributed by atoms with van der Waals surface area (Å²) in [6.45, 7) is 5.10. The number of nitrogens with two attached hydrogens (primary N) is 1. The van der Waals surface area contributed by atoms with Crippen molar-refractivity contribution in [1.29, 1.82) is 5.26 Å². The first kappa shape index (κ1) is 17.3. The van der Waals surface area contributed by atoms with Gasteiger partial charge in [-0.15, -0.1) is 0 Å². The standard InChI is InChI=1S/C15H19N3O4/c1-15(2,3)22-14(20)18-8-11-5-4-10(7-16)6-12(11)21-9-13(17)19/h4-6H,8-9H2,1-3H3,(H2,17,19)(H,18,20). The molecule has 1 rings (SSSR count). The van der Waals surface area contributed by atoms with Crippen LogP contribution in [0.2, 0.25) is 0 Å². The predicted octanol–water partition coefficient (Wildman–Crippen LogP) is 1.45. The van der Waals surface area contributed by atoms with Gasteiger partial charge in [0.15, 0.2) is 6.61 Å². The van der Waals surface area contributed by atoms with E-state index in [1.165, 1.54) is 6.07 Å². The Morgan fingerprint density at radius 1 is 1.36 bits per heavy atom. The van der Waals surface area contributed by atoms with Gasteiger partial charge in [-0.1, -0.05) is 6.07 Å². The summed E-state index contributed by atoms with van der Waals surface area (Å²) in [6.07, 6.45) is -0.572. The average molecular weight is 305 g/mol. The zero-order chi connectivity index (χ0) is 16.8. The molecule has 22 heavy (non-hydrogen) atoms. The molecule has 3 N–H and O–H groups in total. The summed E-state index contributed by atoms with van der Waals surface area (Å²) < 4.78 is 10.4. The highest BCUT2D eigenvalue weighted by molar-refractivity contribution is 5.75. The fraction of sp³-hybridized carbons (Fsp3) is 0.400. The van der Waals surface area contributed by atoms with Crippen LogP contribution in [-0.2, 0) is 16.1 Å². The molecule has 0 saturated carbocycles. The van der Waals surface area contributed by atoms with E-state index in [-0.39, 0.29) is 13.2 Å². The van der Waals surface area contributed by atoms with Crippen molar-refractivity contribution < 1.29 is 19.1 Å². The van der Waals surface area contributed by atoms with Crippen LogP contribution in [0.15, 0.2) is 18.2 Å². The molecule has 0 fully saturated rings. The molecule has 7 nitrogen and oxygen atoms in total. The zero-order valence-corrected chi connectivity index (χ0v) is 12.8. The normalized spacial score (nSPS) is 10.5. The Balaban J connectivity index is 2.78. The lowest BCUT2D eigenvalue weighted by molar-refractivity contribution is -0.119. The molecule has 0 unspecified atom stereocenters. The molecule has 0 heterocycles. The number of nitrogens with zero attached hydrogens (tertiary/aromatic N) is 1. The molecule has 0 aromatic heterocycles. The molecule has 7 heteroatoms. The molecule has 0 atom stereocenters. The third-order valence-electron chi connectivity index (χ3n) is 2.39. The van der Waals surface area contributed by atoms with Crippen LogP contribution in [0.4, 0.5) is 4.79 Å². The predicted molar refractivity (Wildman–Crippen MR) is 78.9 cm³/mol. The van der Waals surface area contributed by atoms with Gasteiger partial charge in [0, 0.05) is 12.1 Å². The number of primary amides is 1. The number of hydrogen-bond donors (Lipinski definition) is 2. The monoisotopic (exact) mass is 305 g/mol. The van der Waals surface area contributed by atoms with Gasteiger partial charge in [0.05, 0.1) is 11.6 Å². The van der Waals surface area contributed by atoms with E-state index in [4.69, 9.17) is 20.5 Å². The minimum atomic E-state index is -0.631. The number of carbonyl (C=O) groups excluding carboxylic acids is 2. The van der Waals surface area contributed by atoms with Crippen LogP contribution in [0.3, 0.4) is 0 Å². The van der Waals surface area contributed by atoms with Gasteiger partial charge in [0.25, 0.3) is 5.91 Å². The van der Waals surface area contributed by atoms with E-state index in [1.807, 2.05) is 6.07 Å². The number of rotatable bonds is 5. The van der Waals surface area contributed by atoms with Gasteiger partial charge in [0.2, 0.25) is 0 Å². The van der Waals surface area contributed by atoms with E-state index in [0.29, 0.717) is 16.9 Å². The van der Waals surface area contributed by atoms with Crippen LogP contribution in [0, 0.1) is 11.3 Å². The van der Waals surface area contributed by atoms with Crippen LogP contribution in [0.1, 0.15) is 31.9 Å². The van der Waals surface area contributed by atoms with Crippen LogP contribution < -0.4 is 15.8 Å². The van der Waals surface area contributed by atoms with Crippen molar-refractivity contribution in [3.05, 3.63) is 29.3 Å². The highest BCUT2D eigenvalue weighted by atomic mass is 16.6. The summed E-state index contributed by atoms with van der Waals surface area (Å²) >= 11 is 0. The number of nitriles is 1. The summed E-state index contributed by atoms with van der Waals surface area (Å²) in [5.74, 6) is -0.317. The summed E-state index contributed by atoms with van der Waals surface area (Å²) in [6, 6.07) is 6.67. The van der Waals surface area contributed by atoms with Crippen LogP contribution in [-0.4, -0.2) is 24.2 Å².